The first kappa shape index (κ1) is 49.2. The van der Waals surface area contributed by atoms with Crippen LogP contribution in [-0.2, 0) is 12.8 Å². The number of hydrogen-bond donors (Lipinski definition) is 0. The first-order valence-electron chi connectivity index (χ1n) is 29.7. The Labute approximate surface area is 489 Å². The van der Waals surface area contributed by atoms with E-state index >= 15 is 0 Å². The van der Waals surface area contributed by atoms with E-state index in [1.54, 1.807) is 16.0 Å². The van der Waals surface area contributed by atoms with Crippen LogP contribution in [0, 0.1) is 0 Å². The number of allylic oxidation sites excluding steroid dienone is 2. The van der Waals surface area contributed by atoms with Crippen molar-refractivity contribution in [1.82, 2.24) is 39.0 Å². The fraction of sp³-hybridized carbons (Fsp3) is 0.135. The molecule has 3 aliphatic rings. The average Bonchev–Trinajstić information content (AvgIpc) is 3.44. The van der Waals surface area contributed by atoms with Crippen LogP contribution in [0.1, 0.15) is 60.0 Å². The topological polar surface area (TPSA) is 87.2 Å². The zero-order valence-corrected chi connectivity index (χ0v) is 48.7. The van der Waals surface area contributed by atoms with Gasteiger partial charge in [-0.15, -0.1) is 0 Å². The maximum atomic E-state index is 5.57. The van der Waals surface area contributed by atoms with Gasteiger partial charge in [-0.1, -0.05) is 200 Å². The average molecular weight is 1120 g/mol. The molecule has 0 amide bonds. The molecule has 17 rings (SSSR count). The summed E-state index contributed by atoms with van der Waals surface area (Å²) in [5.41, 5.74) is 16.4. The third kappa shape index (κ3) is 7.65. The van der Waals surface area contributed by atoms with Crippen molar-refractivity contribution in [3.63, 3.8) is 0 Å². The quantitative estimate of drug-likeness (QED) is 0.141. The zero-order valence-electron chi connectivity index (χ0n) is 46.8. The molecule has 2 atom stereocenters. The Morgan fingerprint density at radius 1 is 0.440 bits per heavy atom. The van der Waals surface area contributed by atoms with Gasteiger partial charge in [0.1, 0.15) is 8.07 Å². The van der Waals surface area contributed by atoms with E-state index in [0.717, 1.165) is 63.8 Å². The van der Waals surface area contributed by atoms with E-state index in [2.05, 4.69) is 241 Å². The van der Waals surface area contributed by atoms with Crippen LogP contribution in [0.4, 0.5) is 0 Å². The van der Waals surface area contributed by atoms with Crippen molar-refractivity contribution in [3.8, 4) is 62.8 Å². The molecule has 1 aliphatic heterocycles. The van der Waals surface area contributed by atoms with Crippen LogP contribution in [0.15, 0.2) is 224 Å². The number of hydrogen-bond acceptors (Lipinski definition) is 6. The molecular weight excluding hydrogens is 1060 g/mol. The Kier molecular flexibility index (Phi) is 11.3. The van der Waals surface area contributed by atoms with Gasteiger partial charge in [-0.2, -0.15) is 9.97 Å². The summed E-state index contributed by atoms with van der Waals surface area (Å²) in [7, 11) is -3.17. The summed E-state index contributed by atoms with van der Waals surface area (Å²) in [6.45, 7) is 5.17. The van der Waals surface area contributed by atoms with E-state index < -0.39 is 15.6 Å². The number of benzene rings is 9. The second-order valence-corrected chi connectivity index (χ2v) is 30.0. The van der Waals surface area contributed by atoms with Crippen LogP contribution in [0.5, 0.6) is 0 Å². The molecule has 0 fully saturated rings. The molecule has 0 spiro atoms. The third-order valence-electron chi connectivity index (χ3n) is 18.6. The van der Waals surface area contributed by atoms with Gasteiger partial charge in [-0.3, -0.25) is 4.57 Å². The van der Waals surface area contributed by atoms with Crippen molar-refractivity contribution < 1.29 is 0 Å². The number of aryl methyl sites for hydroxylation is 1. The summed E-state index contributed by atoms with van der Waals surface area (Å²) in [4.78, 5) is 32.5. The molecular formula is C74H57N8PSi. The lowest BCUT2D eigenvalue weighted by atomic mass is 9.83. The van der Waals surface area contributed by atoms with Gasteiger partial charge in [0.2, 0.25) is 5.95 Å². The van der Waals surface area contributed by atoms with Gasteiger partial charge in [0.25, 0.3) is 0 Å². The first-order chi connectivity index (χ1) is 41.4. The second-order valence-electron chi connectivity index (χ2n) is 23.6. The Morgan fingerprint density at radius 3 is 1.61 bits per heavy atom. The maximum Gasteiger partial charge on any atom is 0.238 e. The molecule has 2 aliphatic carbocycles. The highest BCUT2D eigenvalue weighted by atomic mass is 31.1. The first-order valence-corrected chi connectivity index (χ1v) is 34.0. The summed E-state index contributed by atoms with van der Waals surface area (Å²) in [5, 5.41) is 12.7. The second kappa shape index (κ2) is 19.3. The summed E-state index contributed by atoms with van der Waals surface area (Å²) in [5.74, 6) is 3.60. The van der Waals surface area contributed by atoms with Gasteiger partial charge in [-0.25, -0.2) is 19.9 Å². The highest BCUT2D eigenvalue weighted by Gasteiger charge is 2.42. The fourth-order valence-electron chi connectivity index (χ4n) is 14.8. The third-order valence-corrected chi connectivity index (χ3v) is 24.9. The molecule has 8 nitrogen and oxygen atoms in total. The Hall–Kier alpha value is -9.40. The number of rotatable bonds is 8. The predicted octanol–water partition coefficient (Wildman–Crippen LogP) is 18.1. The number of fused-ring (bicyclic) bond motifs is 13. The summed E-state index contributed by atoms with van der Waals surface area (Å²) >= 11 is 0. The number of aromatic nitrogens is 8. The van der Waals surface area contributed by atoms with Crippen molar-refractivity contribution in [3.05, 3.63) is 246 Å². The molecule has 0 N–H and O–H groups in total. The molecule has 402 valence electrons. The Morgan fingerprint density at radius 2 is 0.964 bits per heavy atom. The monoisotopic (exact) mass is 1120 g/mol. The van der Waals surface area contributed by atoms with Crippen molar-refractivity contribution in [2.45, 2.75) is 64.0 Å². The highest BCUT2D eigenvalue weighted by Crippen LogP contribution is 2.59. The number of nitrogens with zero attached hydrogens (tertiary/aromatic N) is 8. The van der Waals surface area contributed by atoms with E-state index in [4.69, 9.17) is 29.9 Å². The summed E-state index contributed by atoms with van der Waals surface area (Å²) in [6, 6.07) is 78.5. The molecule has 10 heteroatoms. The van der Waals surface area contributed by atoms with E-state index in [-0.39, 0.29) is 5.92 Å². The molecule has 0 saturated heterocycles. The minimum atomic E-state index is -1.95. The van der Waals surface area contributed by atoms with Crippen LogP contribution >= 0.6 is 7.53 Å². The largest absolute Gasteiger partial charge is 0.309 e. The molecule has 14 aromatic rings. The minimum Gasteiger partial charge on any atom is -0.309 e. The van der Waals surface area contributed by atoms with E-state index in [1.807, 2.05) is 0 Å². The van der Waals surface area contributed by atoms with Gasteiger partial charge in [0.05, 0.1) is 22.1 Å². The summed E-state index contributed by atoms with van der Waals surface area (Å²) < 4.78 is 4.76. The smallest absolute Gasteiger partial charge is 0.238 e. The van der Waals surface area contributed by atoms with Crippen LogP contribution in [-0.4, -0.2) is 47.1 Å². The minimum absolute atomic E-state index is 0.267. The van der Waals surface area contributed by atoms with Crippen LogP contribution in [0.2, 0.25) is 13.1 Å². The molecule has 0 saturated carbocycles. The van der Waals surface area contributed by atoms with Crippen LogP contribution < -0.4 is 5.19 Å². The van der Waals surface area contributed by atoms with E-state index in [9.17, 15) is 0 Å². The maximum absolute atomic E-state index is 5.57. The highest BCUT2D eigenvalue weighted by molar-refractivity contribution is 7.63. The standard InChI is InChI=1S/C74H57N8PSi/c1-84(2)64-34-20-17-29-54(64)56-42-44-62-66(68(56)84)58-31-16-19-33-60(58)82(62)73-77-69(47-21-7-3-8-22-47)75-70(78-73)50-37-35-46(36-38-50)51-39-40-53-55-41-43-61-65(57-30-15-18-32-59(57)81(61)52-27-13-6-14-28-52)67(55)83(63(53)45-51)74-79-71(48-23-9-4-10-24-48)76-72(80-74)49-25-11-5-12-26-49/h3-16,18-19,21-28,30-33,35-38,41-44,51H,17,20,29,34,39-40,45H2,1-2H3. The lowest BCUT2D eigenvalue weighted by molar-refractivity contribution is 0.595. The van der Waals surface area contributed by atoms with Crippen molar-refractivity contribution in [1.29, 1.82) is 0 Å². The van der Waals surface area contributed by atoms with Crippen molar-refractivity contribution in [2.24, 2.45) is 0 Å². The lowest BCUT2D eigenvalue weighted by Gasteiger charge is -2.25. The Bertz CT molecular complexity index is 4950. The van der Waals surface area contributed by atoms with Crippen molar-refractivity contribution in [2.75, 3.05) is 0 Å². The fourth-order valence-corrected chi connectivity index (χ4v) is 21.6. The molecule has 9 aromatic carbocycles. The van der Waals surface area contributed by atoms with Gasteiger partial charge < -0.3 is 4.57 Å². The molecule has 6 heterocycles. The molecule has 2 unspecified atom stereocenters. The predicted molar refractivity (Wildman–Crippen MR) is 349 cm³/mol. The SMILES string of the molecule is C[Si]1(C)C2=C(CCCC2)c2ccc3c(c21)c1ccccc1n3-c1nc(-c2ccccc2)nc(-c2ccc(C3CCc4c(p(-c5nc(-c6ccccc6)nc(-c6ccccc6)n5)c5c4ccc4c5c5ccccc5n4-c4ccccc4)C3)cc2)n1. The van der Waals surface area contributed by atoms with E-state index in [0.29, 0.717) is 29.2 Å². The van der Waals surface area contributed by atoms with Gasteiger partial charge in [0.15, 0.2) is 28.9 Å². The molecule has 5 aromatic heterocycles. The van der Waals surface area contributed by atoms with Gasteiger partial charge in [0, 0.05) is 54.6 Å². The zero-order chi connectivity index (χ0) is 55.6. The van der Waals surface area contributed by atoms with Crippen LogP contribution in [0.25, 0.3) is 122 Å². The lowest BCUT2D eigenvalue weighted by Crippen LogP contribution is -2.42. The Balaban J connectivity index is 0.818. The van der Waals surface area contributed by atoms with Crippen LogP contribution in [0.3, 0.4) is 0 Å². The van der Waals surface area contributed by atoms with Crippen molar-refractivity contribution >= 4 is 80.5 Å². The van der Waals surface area contributed by atoms with Gasteiger partial charge >= 0.3 is 0 Å². The molecule has 0 bridgehead atoms. The normalized spacial score (nSPS) is 15.8. The number of para-hydroxylation sites is 3. The molecule has 0 radical (unpaired) electrons. The van der Waals surface area contributed by atoms with Gasteiger partial charge in [-0.05, 0) is 133 Å². The van der Waals surface area contributed by atoms with E-state index in [1.165, 1.54) is 90.8 Å². The molecule has 84 heavy (non-hydrogen) atoms. The summed E-state index contributed by atoms with van der Waals surface area (Å²) in [6.07, 6.45) is 7.85.